The summed E-state index contributed by atoms with van der Waals surface area (Å²) in [7, 11) is -3.06. The van der Waals surface area contributed by atoms with E-state index in [4.69, 9.17) is 4.74 Å². The lowest BCUT2D eigenvalue weighted by Crippen LogP contribution is -2.13. The molecule has 1 aromatic rings. The van der Waals surface area contributed by atoms with E-state index in [0.717, 1.165) is 16.3 Å². The van der Waals surface area contributed by atoms with Gasteiger partial charge in [0.2, 0.25) is 0 Å². The van der Waals surface area contributed by atoms with Crippen molar-refractivity contribution in [3.05, 3.63) is 27.7 Å². The van der Waals surface area contributed by atoms with Crippen molar-refractivity contribution in [1.29, 1.82) is 0 Å². The van der Waals surface area contributed by atoms with Gasteiger partial charge in [-0.1, -0.05) is 15.9 Å². The predicted molar refractivity (Wildman–Crippen MR) is 69.5 cm³/mol. The van der Waals surface area contributed by atoms with E-state index in [1.54, 1.807) is 13.0 Å². The summed E-state index contributed by atoms with van der Waals surface area (Å²) < 4.78 is 28.1. The van der Waals surface area contributed by atoms with Crippen LogP contribution in [0.5, 0.6) is 5.75 Å². The van der Waals surface area contributed by atoms with Crippen LogP contribution in [0, 0.1) is 6.92 Å². The number of benzene rings is 1. The van der Waals surface area contributed by atoms with E-state index < -0.39 is 9.84 Å². The minimum atomic E-state index is -3.06. The van der Waals surface area contributed by atoms with Gasteiger partial charge in [0.1, 0.15) is 12.4 Å². The van der Waals surface area contributed by atoms with Gasteiger partial charge < -0.3 is 4.74 Å². The molecular weight excluding hydrogens is 308 g/mol. The molecule has 1 rings (SSSR count). The number of carbonyl (C=O) groups is 1. The van der Waals surface area contributed by atoms with Gasteiger partial charge in [0.15, 0.2) is 16.1 Å². The first-order valence-electron chi connectivity index (χ1n) is 4.89. The molecule has 0 radical (unpaired) electrons. The SMILES string of the molecule is Cc1cc(Br)cc(C=O)c1OCCS(C)(=O)=O. The van der Waals surface area contributed by atoms with E-state index in [1.807, 2.05) is 6.07 Å². The Balaban J connectivity index is 2.87. The highest BCUT2D eigenvalue weighted by Gasteiger charge is 2.10. The van der Waals surface area contributed by atoms with Gasteiger partial charge in [-0.3, -0.25) is 4.79 Å². The minimum absolute atomic E-state index is 0.0438. The first kappa shape index (κ1) is 14.2. The Bertz CT molecular complexity index is 523. The van der Waals surface area contributed by atoms with Crippen molar-refractivity contribution in [1.82, 2.24) is 0 Å². The molecule has 0 saturated carbocycles. The Morgan fingerprint density at radius 1 is 1.41 bits per heavy atom. The molecule has 0 N–H and O–H groups in total. The van der Waals surface area contributed by atoms with Gasteiger partial charge in [-0.2, -0.15) is 0 Å². The number of rotatable bonds is 5. The van der Waals surface area contributed by atoms with E-state index >= 15 is 0 Å². The quantitative estimate of drug-likeness (QED) is 0.778. The molecule has 4 nitrogen and oxygen atoms in total. The lowest BCUT2D eigenvalue weighted by Gasteiger charge is -2.11. The molecule has 94 valence electrons. The van der Waals surface area contributed by atoms with Crippen molar-refractivity contribution < 1.29 is 17.9 Å². The maximum atomic E-state index is 11.0. The van der Waals surface area contributed by atoms with Crippen molar-refractivity contribution in [3.8, 4) is 5.75 Å². The summed E-state index contributed by atoms with van der Waals surface area (Å²) in [5.41, 5.74) is 1.19. The summed E-state index contributed by atoms with van der Waals surface area (Å²) in [6.45, 7) is 1.84. The van der Waals surface area contributed by atoms with Crippen LogP contribution in [0.25, 0.3) is 0 Å². The molecule has 0 aliphatic carbocycles. The maximum absolute atomic E-state index is 11.0. The number of hydrogen-bond acceptors (Lipinski definition) is 4. The highest BCUT2D eigenvalue weighted by molar-refractivity contribution is 9.10. The van der Waals surface area contributed by atoms with Gasteiger partial charge in [-0.15, -0.1) is 0 Å². The molecule has 0 bridgehead atoms. The van der Waals surface area contributed by atoms with E-state index in [2.05, 4.69) is 15.9 Å². The van der Waals surface area contributed by atoms with Crippen LogP contribution in [-0.2, 0) is 9.84 Å². The van der Waals surface area contributed by atoms with Crippen molar-refractivity contribution in [2.45, 2.75) is 6.92 Å². The molecule has 0 fully saturated rings. The molecule has 0 saturated heterocycles. The normalized spacial score (nSPS) is 11.2. The molecule has 0 heterocycles. The molecule has 0 aliphatic heterocycles. The highest BCUT2D eigenvalue weighted by atomic mass is 79.9. The predicted octanol–water partition coefficient (Wildman–Crippen LogP) is 1.99. The van der Waals surface area contributed by atoms with Crippen LogP contribution >= 0.6 is 15.9 Å². The second kappa shape index (κ2) is 5.64. The van der Waals surface area contributed by atoms with Gasteiger partial charge in [0, 0.05) is 10.7 Å². The molecule has 0 amide bonds. The van der Waals surface area contributed by atoms with Crippen LogP contribution in [0.3, 0.4) is 0 Å². The number of aryl methyl sites for hydroxylation is 1. The third-order valence-corrected chi connectivity index (χ3v) is 3.46. The average Bonchev–Trinajstić information content (AvgIpc) is 2.18. The van der Waals surface area contributed by atoms with Crippen molar-refractivity contribution in [3.63, 3.8) is 0 Å². The molecule has 0 atom stereocenters. The summed E-state index contributed by atoms with van der Waals surface area (Å²) in [6, 6.07) is 3.44. The number of hydrogen-bond donors (Lipinski definition) is 0. The molecular formula is C11H13BrO4S. The molecule has 0 spiro atoms. The zero-order chi connectivity index (χ0) is 13.1. The maximum Gasteiger partial charge on any atom is 0.153 e. The van der Waals surface area contributed by atoms with Gasteiger partial charge in [-0.05, 0) is 24.6 Å². The average molecular weight is 321 g/mol. The topological polar surface area (TPSA) is 60.4 Å². The van der Waals surface area contributed by atoms with Gasteiger partial charge in [0.05, 0.1) is 11.3 Å². The molecule has 17 heavy (non-hydrogen) atoms. The Labute approximate surface area is 109 Å². The molecule has 0 aromatic heterocycles. The van der Waals surface area contributed by atoms with Crippen LogP contribution in [0.1, 0.15) is 15.9 Å². The first-order chi connectivity index (χ1) is 7.83. The second-order valence-electron chi connectivity index (χ2n) is 3.74. The Morgan fingerprint density at radius 3 is 2.59 bits per heavy atom. The number of sulfone groups is 1. The number of carbonyl (C=O) groups excluding carboxylic acids is 1. The molecule has 0 aliphatic rings. The second-order valence-corrected chi connectivity index (χ2v) is 6.91. The summed E-state index contributed by atoms with van der Waals surface area (Å²) in [5, 5.41) is 0. The largest absolute Gasteiger partial charge is 0.492 e. The summed E-state index contributed by atoms with van der Waals surface area (Å²) in [6.07, 6.45) is 1.83. The third kappa shape index (κ3) is 4.47. The van der Waals surface area contributed by atoms with Crippen LogP contribution in [-0.4, -0.2) is 33.3 Å². The van der Waals surface area contributed by atoms with Gasteiger partial charge in [0.25, 0.3) is 0 Å². The lowest BCUT2D eigenvalue weighted by molar-refractivity contribution is 0.111. The smallest absolute Gasteiger partial charge is 0.153 e. The summed E-state index contributed by atoms with van der Waals surface area (Å²) in [5.74, 6) is 0.368. The zero-order valence-corrected chi connectivity index (χ0v) is 12.0. The standard InChI is InChI=1S/C11H13BrO4S/c1-8-5-10(12)6-9(7-13)11(8)16-3-4-17(2,14)15/h5-7H,3-4H2,1-2H3. The number of aldehydes is 1. The van der Waals surface area contributed by atoms with Crippen molar-refractivity contribution >= 4 is 32.1 Å². The fraction of sp³-hybridized carbons (Fsp3) is 0.364. The fourth-order valence-electron chi connectivity index (χ4n) is 1.34. The summed E-state index contributed by atoms with van der Waals surface area (Å²) >= 11 is 3.28. The van der Waals surface area contributed by atoms with Crippen molar-refractivity contribution in [2.24, 2.45) is 0 Å². The first-order valence-corrected chi connectivity index (χ1v) is 7.74. The monoisotopic (exact) mass is 320 g/mol. The van der Waals surface area contributed by atoms with Crippen LogP contribution < -0.4 is 4.74 Å². The van der Waals surface area contributed by atoms with E-state index in [-0.39, 0.29) is 12.4 Å². The lowest BCUT2D eigenvalue weighted by atomic mass is 10.1. The van der Waals surface area contributed by atoms with Gasteiger partial charge in [-0.25, -0.2) is 8.42 Å². The summed E-state index contributed by atoms with van der Waals surface area (Å²) in [4.78, 5) is 10.9. The zero-order valence-electron chi connectivity index (χ0n) is 9.57. The fourth-order valence-corrected chi connectivity index (χ4v) is 2.31. The highest BCUT2D eigenvalue weighted by Crippen LogP contribution is 2.26. The molecule has 1 aromatic carbocycles. The van der Waals surface area contributed by atoms with Gasteiger partial charge >= 0.3 is 0 Å². The Hall–Kier alpha value is -0.880. The Morgan fingerprint density at radius 2 is 2.06 bits per heavy atom. The number of halogens is 1. The third-order valence-electron chi connectivity index (χ3n) is 2.10. The van der Waals surface area contributed by atoms with E-state index in [9.17, 15) is 13.2 Å². The van der Waals surface area contributed by atoms with Crippen LogP contribution in [0.2, 0.25) is 0 Å². The minimum Gasteiger partial charge on any atom is -0.492 e. The van der Waals surface area contributed by atoms with Crippen LogP contribution in [0.4, 0.5) is 0 Å². The molecule has 6 heteroatoms. The van der Waals surface area contributed by atoms with Crippen LogP contribution in [0.15, 0.2) is 16.6 Å². The van der Waals surface area contributed by atoms with Crippen molar-refractivity contribution in [2.75, 3.05) is 18.6 Å². The van der Waals surface area contributed by atoms with E-state index in [1.165, 1.54) is 0 Å². The number of ether oxygens (including phenoxy) is 1. The molecule has 0 unspecified atom stereocenters. The van der Waals surface area contributed by atoms with E-state index in [0.29, 0.717) is 17.6 Å². The Kier molecular flexibility index (Phi) is 4.70.